The van der Waals surface area contributed by atoms with E-state index in [0.29, 0.717) is 23.4 Å². The number of hydrogen-bond donors (Lipinski definition) is 3. The maximum Gasteiger partial charge on any atom is 0.417 e. The van der Waals surface area contributed by atoms with Crippen LogP contribution in [0.5, 0.6) is 0 Å². The van der Waals surface area contributed by atoms with Crippen molar-refractivity contribution >= 4 is 40.9 Å². The molecule has 11 heteroatoms. The molecule has 0 saturated heterocycles. The Morgan fingerprint density at radius 2 is 1.84 bits per heavy atom. The second-order valence-electron chi connectivity index (χ2n) is 6.79. The average molecular weight is 471 g/mol. The van der Waals surface area contributed by atoms with Gasteiger partial charge >= 0.3 is 6.18 Å². The SMILES string of the molecule is CCCNC(=O)c1cc(NC(=O)c2ccccc2C(F)(F)F)cc2[nH]c(COC)nc12.Cl. The molecule has 7 nitrogen and oxygen atoms in total. The summed E-state index contributed by atoms with van der Waals surface area (Å²) >= 11 is 0. The zero-order valence-electron chi connectivity index (χ0n) is 17.3. The predicted molar refractivity (Wildman–Crippen MR) is 116 cm³/mol. The first-order chi connectivity index (χ1) is 14.7. The standard InChI is InChI=1S/C21H21F3N4O3.ClH/c1-3-8-25-19(29)14-9-12(10-16-18(14)28-17(27-16)11-31-2)26-20(30)13-6-4-5-7-15(13)21(22,23)24;/h4-7,9-10H,3,8,11H2,1-2H3,(H,25,29)(H,26,30)(H,27,28);1H. The van der Waals surface area contributed by atoms with E-state index >= 15 is 0 Å². The van der Waals surface area contributed by atoms with Crippen LogP contribution in [0.25, 0.3) is 11.0 Å². The third-order valence-electron chi connectivity index (χ3n) is 4.43. The Bertz CT molecular complexity index is 1120. The lowest BCUT2D eigenvalue weighted by atomic mass is 10.1. The number of aromatic nitrogens is 2. The number of halogens is 4. The van der Waals surface area contributed by atoms with Crippen LogP contribution in [0.2, 0.25) is 0 Å². The number of rotatable bonds is 7. The molecule has 32 heavy (non-hydrogen) atoms. The van der Waals surface area contributed by atoms with Gasteiger partial charge in [-0.05, 0) is 30.7 Å². The summed E-state index contributed by atoms with van der Waals surface area (Å²) in [6.07, 6.45) is -3.96. The number of aromatic amines is 1. The van der Waals surface area contributed by atoms with Crippen molar-refractivity contribution in [3.8, 4) is 0 Å². The van der Waals surface area contributed by atoms with Crippen LogP contribution < -0.4 is 10.6 Å². The third kappa shape index (κ3) is 5.57. The molecule has 1 aromatic heterocycles. The number of carbonyl (C=O) groups excluding carboxylic acids is 2. The first-order valence-corrected chi connectivity index (χ1v) is 9.52. The number of carbonyl (C=O) groups is 2. The lowest BCUT2D eigenvalue weighted by Gasteiger charge is -2.13. The molecule has 0 bridgehead atoms. The highest BCUT2D eigenvalue weighted by atomic mass is 35.5. The number of methoxy groups -OCH3 is 1. The van der Waals surface area contributed by atoms with Crippen molar-refractivity contribution < 1.29 is 27.5 Å². The maximum absolute atomic E-state index is 13.3. The van der Waals surface area contributed by atoms with Crippen LogP contribution in [-0.2, 0) is 17.5 Å². The van der Waals surface area contributed by atoms with E-state index in [0.717, 1.165) is 18.6 Å². The van der Waals surface area contributed by atoms with Crippen molar-refractivity contribution in [1.29, 1.82) is 0 Å². The Morgan fingerprint density at radius 3 is 2.50 bits per heavy atom. The number of nitrogens with one attached hydrogen (secondary N) is 3. The van der Waals surface area contributed by atoms with Crippen LogP contribution in [0.15, 0.2) is 36.4 Å². The van der Waals surface area contributed by atoms with Crippen LogP contribution in [0.3, 0.4) is 0 Å². The summed E-state index contributed by atoms with van der Waals surface area (Å²) in [6, 6.07) is 7.39. The molecule has 2 amide bonds. The number of H-pyrrole nitrogens is 1. The second kappa shape index (κ2) is 10.5. The van der Waals surface area contributed by atoms with Crippen LogP contribution in [-0.4, -0.2) is 35.4 Å². The van der Waals surface area contributed by atoms with E-state index in [9.17, 15) is 22.8 Å². The highest BCUT2D eigenvalue weighted by Gasteiger charge is 2.34. The molecule has 1 heterocycles. The van der Waals surface area contributed by atoms with Gasteiger partial charge in [-0.3, -0.25) is 9.59 Å². The van der Waals surface area contributed by atoms with Gasteiger partial charge in [-0.15, -0.1) is 12.4 Å². The zero-order valence-corrected chi connectivity index (χ0v) is 18.1. The monoisotopic (exact) mass is 470 g/mol. The van der Waals surface area contributed by atoms with Gasteiger partial charge in [0.25, 0.3) is 11.8 Å². The van der Waals surface area contributed by atoms with E-state index in [1.165, 1.54) is 31.4 Å². The van der Waals surface area contributed by atoms with Crippen LogP contribution in [0.1, 0.15) is 45.4 Å². The molecule has 0 unspecified atom stereocenters. The van der Waals surface area contributed by atoms with E-state index in [2.05, 4.69) is 20.6 Å². The number of nitrogens with zero attached hydrogens (tertiary/aromatic N) is 1. The molecule has 0 aliphatic rings. The fourth-order valence-electron chi connectivity index (χ4n) is 3.08. The molecule has 0 aliphatic heterocycles. The quantitative estimate of drug-likeness (QED) is 0.472. The molecule has 172 valence electrons. The van der Waals surface area contributed by atoms with Crippen molar-refractivity contribution in [2.24, 2.45) is 0 Å². The van der Waals surface area contributed by atoms with E-state index in [1.807, 2.05) is 6.92 Å². The Labute approximate surface area is 188 Å². The topological polar surface area (TPSA) is 96.1 Å². The minimum absolute atomic E-state index is 0. The van der Waals surface area contributed by atoms with E-state index < -0.39 is 29.1 Å². The van der Waals surface area contributed by atoms with Crippen molar-refractivity contribution in [3.63, 3.8) is 0 Å². The van der Waals surface area contributed by atoms with Gasteiger partial charge < -0.3 is 20.4 Å². The number of alkyl halides is 3. The molecule has 0 radical (unpaired) electrons. The molecule has 3 N–H and O–H groups in total. The molecular weight excluding hydrogens is 449 g/mol. The maximum atomic E-state index is 13.3. The summed E-state index contributed by atoms with van der Waals surface area (Å²) in [4.78, 5) is 32.6. The molecule has 0 saturated carbocycles. The summed E-state index contributed by atoms with van der Waals surface area (Å²) in [6.45, 7) is 2.51. The number of imidazole rings is 1. The molecule has 0 fully saturated rings. The van der Waals surface area contributed by atoms with Gasteiger partial charge in [0.05, 0.1) is 22.2 Å². The Morgan fingerprint density at radius 1 is 1.12 bits per heavy atom. The van der Waals surface area contributed by atoms with Crippen molar-refractivity contribution in [3.05, 3.63) is 58.9 Å². The number of fused-ring (bicyclic) bond motifs is 1. The van der Waals surface area contributed by atoms with Gasteiger partial charge in [-0.1, -0.05) is 19.1 Å². The summed E-state index contributed by atoms with van der Waals surface area (Å²) in [5, 5.41) is 5.20. The van der Waals surface area contributed by atoms with Crippen molar-refractivity contribution in [2.75, 3.05) is 19.0 Å². The van der Waals surface area contributed by atoms with E-state index in [4.69, 9.17) is 4.74 Å². The number of anilines is 1. The van der Waals surface area contributed by atoms with Crippen LogP contribution in [0.4, 0.5) is 18.9 Å². The molecule has 3 aromatic rings. The smallest absolute Gasteiger partial charge is 0.377 e. The summed E-state index contributed by atoms with van der Waals surface area (Å²) in [5.41, 5.74) is -0.409. The fourth-order valence-corrected chi connectivity index (χ4v) is 3.08. The Balaban J connectivity index is 0.00000363. The largest absolute Gasteiger partial charge is 0.417 e. The number of hydrogen-bond acceptors (Lipinski definition) is 4. The van der Waals surface area contributed by atoms with Gasteiger partial charge in [-0.2, -0.15) is 13.2 Å². The summed E-state index contributed by atoms with van der Waals surface area (Å²) in [7, 11) is 1.49. The van der Waals surface area contributed by atoms with Gasteiger partial charge in [-0.25, -0.2) is 4.98 Å². The van der Waals surface area contributed by atoms with Gasteiger partial charge in [0.2, 0.25) is 0 Å². The van der Waals surface area contributed by atoms with E-state index in [1.54, 1.807) is 0 Å². The van der Waals surface area contributed by atoms with Crippen LogP contribution >= 0.6 is 12.4 Å². The number of ether oxygens (including phenoxy) is 1. The summed E-state index contributed by atoms with van der Waals surface area (Å²) in [5.74, 6) is -0.883. The van der Waals surface area contributed by atoms with Gasteiger partial charge in [0, 0.05) is 19.3 Å². The Kier molecular flexibility index (Phi) is 8.23. The highest BCUT2D eigenvalue weighted by Crippen LogP contribution is 2.32. The number of amides is 2. The normalized spacial score (nSPS) is 11.2. The second-order valence-corrected chi connectivity index (χ2v) is 6.79. The first-order valence-electron chi connectivity index (χ1n) is 9.52. The fraction of sp³-hybridized carbons (Fsp3) is 0.286. The predicted octanol–water partition coefficient (Wildman–Crippen LogP) is 4.54. The molecule has 0 aliphatic carbocycles. The van der Waals surface area contributed by atoms with Crippen molar-refractivity contribution in [2.45, 2.75) is 26.1 Å². The van der Waals surface area contributed by atoms with Gasteiger partial charge in [0.1, 0.15) is 17.9 Å². The number of benzene rings is 2. The third-order valence-corrected chi connectivity index (χ3v) is 4.43. The average Bonchev–Trinajstić information content (AvgIpc) is 3.13. The minimum Gasteiger partial charge on any atom is -0.377 e. The zero-order chi connectivity index (χ0) is 22.6. The first kappa shape index (κ1) is 25.2. The molecule has 0 atom stereocenters. The lowest BCUT2D eigenvalue weighted by molar-refractivity contribution is -0.137. The Hall–Kier alpha value is -3.11. The highest BCUT2D eigenvalue weighted by molar-refractivity contribution is 6.10. The van der Waals surface area contributed by atoms with Crippen molar-refractivity contribution in [1.82, 2.24) is 15.3 Å². The molecular formula is C21H22ClF3N4O3. The molecule has 3 rings (SSSR count). The van der Waals surface area contributed by atoms with Gasteiger partial charge in [0.15, 0.2) is 0 Å². The minimum atomic E-state index is -4.68. The van der Waals surface area contributed by atoms with Crippen LogP contribution in [0, 0.1) is 0 Å². The molecule has 2 aromatic carbocycles. The lowest BCUT2D eigenvalue weighted by Crippen LogP contribution is -2.24. The summed E-state index contributed by atoms with van der Waals surface area (Å²) < 4.78 is 44.8. The van der Waals surface area contributed by atoms with E-state index in [-0.39, 0.29) is 30.3 Å². The molecule has 0 spiro atoms.